The summed E-state index contributed by atoms with van der Waals surface area (Å²) < 4.78 is 0. The summed E-state index contributed by atoms with van der Waals surface area (Å²) in [6.07, 6.45) is 0. The van der Waals surface area contributed by atoms with Gasteiger partial charge in [-0.3, -0.25) is 5.43 Å². The maximum atomic E-state index is 4.42. The van der Waals surface area contributed by atoms with Crippen molar-refractivity contribution < 1.29 is 0 Å². The highest BCUT2D eigenvalue weighted by atomic mass is 32.2. The minimum Gasteiger partial charge on any atom is -0.291 e. The molecule has 1 unspecified atom stereocenters. The Kier molecular flexibility index (Phi) is 3.07. The van der Waals surface area contributed by atoms with Crippen molar-refractivity contribution in [3.63, 3.8) is 0 Å². The second-order valence-electron chi connectivity index (χ2n) is 4.32. The molecule has 0 spiro atoms. The molecule has 90 valence electrons. The number of rotatable bonds is 2. The average molecular weight is 254 g/mol. The third kappa shape index (κ3) is 2.27. The minimum absolute atomic E-state index is 0.223. The summed E-state index contributed by atoms with van der Waals surface area (Å²) >= 11 is 1.76. The Bertz CT molecular complexity index is 561. The van der Waals surface area contributed by atoms with Crippen LogP contribution in [0.25, 0.3) is 0 Å². The third-order valence-electron chi connectivity index (χ3n) is 2.91. The van der Waals surface area contributed by atoms with E-state index in [9.17, 15) is 0 Å². The summed E-state index contributed by atoms with van der Waals surface area (Å²) in [5.41, 5.74) is 6.91. The molecule has 0 fully saturated rings. The summed E-state index contributed by atoms with van der Waals surface area (Å²) in [6, 6.07) is 18.9. The lowest BCUT2D eigenvalue weighted by Gasteiger charge is -2.09. The van der Waals surface area contributed by atoms with Gasteiger partial charge in [0, 0.05) is 5.56 Å². The zero-order valence-corrected chi connectivity index (χ0v) is 10.9. The van der Waals surface area contributed by atoms with Gasteiger partial charge in [0.25, 0.3) is 0 Å². The highest BCUT2D eigenvalue weighted by molar-refractivity contribution is 8.14. The number of benzene rings is 2. The van der Waals surface area contributed by atoms with E-state index in [0.717, 1.165) is 5.04 Å². The highest BCUT2D eigenvalue weighted by Gasteiger charge is 2.21. The second kappa shape index (κ2) is 4.86. The summed E-state index contributed by atoms with van der Waals surface area (Å²) in [7, 11) is 0. The van der Waals surface area contributed by atoms with Crippen LogP contribution >= 0.6 is 11.8 Å². The molecular weight excluding hydrogens is 240 g/mol. The van der Waals surface area contributed by atoms with Crippen molar-refractivity contribution in [2.75, 3.05) is 0 Å². The van der Waals surface area contributed by atoms with E-state index in [-0.39, 0.29) is 5.37 Å². The number of hydrogen-bond acceptors (Lipinski definition) is 3. The van der Waals surface area contributed by atoms with E-state index in [1.165, 1.54) is 16.7 Å². The Morgan fingerprint density at radius 2 is 1.72 bits per heavy atom. The zero-order valence-electron chi connectivity index (χ0n) is 10.1. The van der Waals surface area contributed by atoms with Gasteiger partial charge in [-0.25, -0.2) is 0 Å². The SMILES string of the molecule is Cc1ccc(C2NN=C(c3ccccc3)S2)cc1. The van der Waals surface area contributed by atoms with Gasteiger partial charge in [0.15, 0.2) is 0 Å². The van der Waals surface area contributed by atoms with E-state index in [4.69, 9.17) is 0 Å². The van der Waals surface area contributed by atoms with Gasteiger partial charge in [-0.1, -0.05) is 71.9 Å². The number of hydrogen-bond donors (Lipinski definition) is 1. The fraction of sp³-hybridized carbons (Fsp3) is 0.133. The molecule has 0 radical (unpaired) electrons. The molecule has 1 atom stereocenters. The number of nitrogens with one attached hydrogen (secondary N) is 1. The van der Waals surface area contributed by atoms with E-state index >= 15 is 0 Å². The van der Waals surface area contributed by atoms with Crippen molar-refractivity contribution in [2.45, 2.75) is 12.3 Å². The summed E-state index contributed by atoms with van der Waals surface area (Å²) in [5.74, 6) is 0. The fourth-order valence-electron chi connectivity index (χ4n) is 1.88. The van der Waals surface area contributed by atoms with Crippen molar-refractivity contribution in [2.24, 2.45) is 5.10 Å². The maximum absolute atomic E-state index is 4.42. The lowest BCUT2D eigenvalue weighted by atomic mass is 10.1. The molecule has 2 aromatic rings. The van der Waals surface area contributed by atoms with Crippen LogP contribution in [0.3, 0.4) is 0 Å². The van der Waals surface area contributed by atoms with Gasteiger partial charge in [-0.15, -0.1) is 0 Å². The van der Waals surface area contributed by atoms with E-state index in [1.54, 1.807) is 11.8 Å². The van der Waals surface area contributed by atoms with Crippen molar-refractivity contribution in [1.29, 1.82) is 0 Å². The van der Waals surface area contributed by atoms with Gasteiger partial charge in [0.2, 0.25) is 0 Å². The molecule has 1 aliphatic heterocycles. The average Bonchev–Trinajstić information content (AvgIpc) is 2.90. The lowest BCUT2D eigenvalue weighted by Crippen LogP contribution is -2.06. The van der Waals surface area contributed by atoms with Crippen LogP contribution in [0.4, 0.5) is 0 Å². The van der Waals surface area contributed by atoms with Crippen molar-refractivity contribution in [3.05, 3.63) is 71.3 Å². The monoisotopic (exact) mass is 254 g/mol. The molecular formula is C15H14N2S. The van der Waals surface area contributed by atoms with Crippen LogP contribution in [-0.2, 0) is 0 Å². The second-order valence-corrected chi connectivity index (χ2v) is 5.41. The fourth-order valence-corrected chi connectivity index (χ4v) is 2.88. The Morgan fingerprint density at radius 1 is 1.00 bits per heavy atom. The number of aryl methyl sites for hydroxylation is 1. The first-order chi connectivity index (χ1) is 8.83. The molecule has 0 aromatic heterocycles. The normalized spacial score (nSPS) is 18.3. The van der Waals surface area contributed by atoms with E-state index in [0.29, 0.717) is 0 Å². The summed E-state index contributed by atoms with van der Waals surface area (Å²) in [6.45, 7) is 2.10. The predicted octanol–water partition coefficient (Wildman–Crippen LogP) is 3.69. The van der Waals surface area contributed by atoms with Crippen LogP contribution in [0.1, 0.15) is 22.1 Å². The molecule has 3 rings (SSSR count). The number of hydrazone groups is 1. The van der Waals surface area contributed by atoms with E-state index in [1.807, 2.05) is 18.2 Å². The van der Waals surface area contributed by atoms with Crippen LogP contribution in [0.5, 0.6) is 0 Å². The molecule has 1 N–H and O–H groups in total. The van der Waals surface area contributed by atoms with E-state index in [2.05, 4.69) is 53.8 Å². The highest BCUT2D eigenvalue weighted by Crippen LogP contribution is 2.33. The van der Waals surface area contributed by atoms with Gasteiger partial charge in [-0.05, 0) is 12.5 Å². The van der Waals surface area contributed by atoms with Crippen LogP contribution in [0, 0.1) is 6.92 Å². The molecule has 0 aliphatic carbocycles. The topological polar surface area (TPSA) is 24.4 Å². The zero-order chi connectivity index (χ0) is 12.4. The minimum atomic E-state index is 0.223. The first kappa shape index (κ1) is 11.4. The molecule has 0 amide bonds. The Morgan fingerprint density at radius 3 is 2.44 bits per heavy atom. The van der Waals surface area contributed by atoms with Gasteiger partial charge < -0.3 is 0 Å². The van der Waals surface area contributed by atoms with Crippen molar-refractivity contribution in [1.82, 2.24) is 5.43 Å². The summed E-state index contributed by atoms with van der Waals surface area (Å²) in [5, 5.41) is 5.70. The Labute approximate surface area is 111 Å². The standard InChI is InChI=1S/C15H14N2S/c1-11-7-9-13(10-8-11)15-17-16-14(18-15)12-5-3-2-4-6-12/h2-10,15,17H,1H3. The summed E-state index contributed by atoms with van der Waals surface area (Å²) in [4.78, 5) is 0. The van der Waals surface area contributed by atoms with Gasteiger partial charge >= 0.3 is 0 Å². The number of thioether (sulfide) groups is 1. The molecule has 0 saturated heterocycles. The number of nitrogens with zero attached hydrogens (tertiary/aromatic N) is 1. The quantitative estimate of drug-likeness (QED) is 0.884. The van der Waals surface area contributed by atoms with Crippen LogP contribution in [0.2, 0.25) is 0 Å². The van der Waals surface area contributed by atoms with Gasteiger partial charge in [0.05, 0.1) is 0 Å². The molecule has 0 bridgehead atoms. The van der Waals surface area contributed by atoms with Gasteiger partial charge in [0.1, 0.15) is 10.4 Å². The largest absolute Gasteiger partial charge is 0.291 e. The molecule has 1 heterocycles. The first-order valence-corrected chi connectivity index (χ1v) is 6.83. The predicted molar refractivity (Wildman–Crippen MR) is 77.6 cm³/mol. The lowest BCUT2D eigenvalue weighted by molar-refractivity contribution is 0.743. The molecule has 2 aromatic carbocycles. The smallest absolute Gasteiger partial charge is 0.126 e. The van der Waals surface area contributed by atoms with Gasteiger partial charge in [-0.2, -0.15) is 5.10 Å². The van der Waals surface area contributed by atoms with Crippen LogP contribution in [0.15, 0.2) is 59.7 Å². The maximum Gasteiger partial charge on any atom is 0.126 e. The van der Waals surface area contributed by atoms with Crippen LogP contribution in [-0.4, -0.2) is 5.04 Å². The van der Waals surface area contributed by atoms with Crippen molar-refractivity contribution >= 4 is 16.8 Å². The van der Waals surface area contributed by atoms with Crippen molar-refractivity contribution in [3.8, 4) is 0 Å². The first-order valence-electron chi connectivity index (χ1n) is 5.95. The molecule has 0 saturated carbocycles. The Hall–Kier alpha value is -1.74. The Balaban J connectivity index is 1.76. The molecule has 1 aliphatic rings. The molecule has 18 heavy (non-hydrogen) atoms. The third-order valence-corrected chi connectivity index (χ3v) is 4.08. The van der Waals surface area contributed by atoms with E-state index < -0.39 is 0 Å². The van der Waals surface area contributed by atoms with Crippen LogP contribution < -0.4 is 5.43 Å². The molecule has 3 heteroatoms. The molecule has 2 nitrogen and oxygen atoms in total.